The van der Waals surface area contributed by atoms with Crippen LogP contribution in [0.2, 0.25) is 0 Å². The molecule has 6 nitrogen and oxygen atoms in total. The average molecular weight is 696 g/mol. The van der Waals surface area contributed by atoms with Gasteiger partial charge in [0.25, 0.3) is 0 Å². The third kappa shape index (κ3) is 4.30. The molecule has 1 aliphatic rings. The number of para-hydroxylation sites is 4. The topological polar surface area (TPSA) is 60.9 Å². The van der Waals surface area contributed by atoms with E-state index in [1.165, 1.54) is 0 Å². The van der Waals surface area contributed by atoms with Crippen molar-refractivity contribution in [3.8, 4) is 5.95 Å². The van der Waals surface area contributed by atoms with Gasteiger partial charge in [-0.2, -0.15) is 0 Å². The highest BCUT2D eigenvalue weighted by Gasteiger charge is 2.48. The molecule has 0 spiro atoms. The van der Waals surface area contributed by atoms with Crippen LogP contribution >= 0.6 is 11.8 Å². The molecular formula is C43H32N6SSi. The molecule has 0 amide bonds. The zero-order valence-electron chi connectivity index (χ0n) is 30.6. The first-order chi connectivity index (χ1) is 26.3. The quantitative estimate of drug-likeness (QED) is 0.147. The maximum atomic E-state index is 8.98. The maximum absolute atomic E-state index is 8.98. The summed E-state index contributed by atoms with van der Waals surface area (Å²) >= 11 is 1.64. The van der Waals surface area contributed by atoms with Crippen molar-refractivity contribution in [1.29, 1.82) is 0 Å². The molecular weight excluding hydrogens is 661 g/mol. The van der Waals surface area contributed by atoms with Gasteiger partial charge < -0.3 is 0 Å². The van der Waals surface area contributed by atoms with Crippen molar-refractivity contribution in [2.24, 2.45) is 0 Å². The maximum Gasteiger partial charge on any atom is 0.239 e. The lowest BCUT2D eigenvalue weighted by atomic mass is 9.78. The lowest BCUT2D eigenvalue weighted by Crippen LogP contribution is -2.77. The zero-order valence-corrected chi connectivity index (χ0v) is 29.4. The van der Waals surface area contributed by atoms with E-state index in [0.717, 1.165) is 58.5 Å². The van der Waals surface area contributed by atoms with Crippen LogP contribution in [0.15, 0.2) is 168 Å². The Morgan fingerprint density at radius 2 is 1.27 bits per heavy atom. The Balaban J connectivity index is 1.32. The van der Waals surface area contributed by atoms with E-state index in [1.807, 2.05) is 90.4 Å². The second-order valence-corrected chi connectivity index (χ2v) is 17.7. The van der Waals surface area contributed by atoms with Crippen molar-refractivity contribution in [2.45, 2.75) is 29.0 Å². The highest BCUT2D eigenvalue weighted by molar-refractivity contribution is 7.99. The normalized spacial score (nSPS) is 16.8. The second-order valence-electron chi connectivity index (χ2n) is 13.1. The Kier molecular flexibility index (Phi) is 6.00. The van der Waals surface area contributed by atoms with Crippen LogP contribution in [-0.2, 0) is 5.41 Å². The molecule has 0 saturated carbocycles. The number of hydrogen-bond donors (Lipinski definition) is 0. The van der Waals surface area contributed by atoms with Crippen LogP contribution in [0.5, 0.6) is 0 Å². The highest BCUT2D eigenvalue weighted by atomic mass is 32.2. The van der Waals surface area contributed by atoms with Crippen molar-refractivity contribution in [3.05, 3.63) is 169 Å². The number of nitrogens with zero attached hydrogens (tertiary/aromatic N) is 6. The fraction of sp³-hybridized carbons (Fsp3) is 0.0698. The third-order valence-electron chi connectivity index (χ3n) is 10.2. The van der Waals surface area contributed by atoms with E-state index in [0.29, 0.717) is 17.2 Å². The summed E-state index contributed by atoms with van der Waals surface area (Å²) in [6.07, 6.45) is 1.61. The first kappa shape index (κ1) is 27.0. The number of aromatic nitrogens is 6. The first-order valence-electron chi connectivity index (χ1n) is 18.4. The molecule has 9 aromatic rings. The molecule has 0 saturated heterocycles. The number of fused-ring (bicyclic) bond motifs is 7. The van der Waals surface area contributed by atoms with Gasteiger partial charge in [0, 0.05) is 19.3 Å². The molecule has 10 rings (SSSR count). The third-order valence-corrected chi connectivity index (χ3v) is 16.1. The van der Waals surface area contributed by atoms with E-state index in [-0.39, 0.29) is 0 Å². The van der Waals surface area contributed by atoms with E-state index in [4.69, 9.17) is 24.0 Å². The summed E-state index contributed by atoms with van der Waals surface area (Å²) in [4.78, 5) is 22.4. The minimum atomic E-state index is -3.44. The van der Waals surface area contributed by atoms with Crippen LogP contribution in [0.3, 0.4) is 0 Å². The number of benzene rings is 6. The van der Waals surface area contributed by atoms with E-state index in [9.17, 15) is 0 Å². The largest absolute Gasteiger partial charge is 0.276 e. The van der Waals surface area contributed by atoms with E-state index in [1.54, 1.807) is 18.1 Å². The Hall–Kier alpha value is -5.83. The summed E-state index contributed by atoms with van der Waals surface area (Å²) in [5, 5.41) is 3.18. The van der Waals surface area contributed by atoms with Crippen molar-refractivity contribution in [1.82, 2.24) is 28.9 Å². The van der Waals surface area contributed by atoms with Gasteiger partial charge in [0.15, 0.2) is 0 Å². The van der Waals surface area contributed by atoms with Gasteiger partial charge in [-0.05, 0) is 57.0 Å². The van der Waals surface area contributed by atoms with Crippen molar-refractivity contribution < 1.29 is 4.11 Å². The van der Waals surface area contributed by atoms with Gasteiger partial charge in [-0.3, -0.25) is 4.40 Å². The van der Waals surface area contributed by atoms with Crippen LogP contribution < -0.4 is 21.0 Å². The number of imidazole rings is 2. The molecule has 0 fully saturated rings. The molecule has 0 radical (unpaired) electrons. The van der Waals surface area contributed by atoms with Gasteiger partial charge in [-0.15, -0.1) is 0 Å². The Labute approximate surface area is 304 Å². The monoisotopic (exact) mass is 695 g/mol. The van der Waals surface area contributed by atoms with Crippen LogP contribution in [0.25, 0.3) is 33.8 Å². The van der Waals surface area contributed by atoms with E-state index >= 15 is 0 Å². The molecule has 8 heteroatoms. The molecule has 1 unspecified atom stereocenters. The molecule has 1 atom stereocenters. The molecule has 0 N–H and O–H groups in total. The van der Waals surface area contributed by atoms with Gasteiger partial charge in [0.05, 0.1) is 22.1 Å². The Morgan fingerprint density at radius 3 is 2.04 bits per heavy atom. The van der Waals surface area contributed by atoms with Crippen LogP contribution in [0.1, 0.15) is 29.0 Å². The average Bonchev–Trinajstić information content (AvgIpc) is 3.74. The predicted octanol–water partition coefficient (Wildman–Crippen LogP) is 6.78. The van der Waals surface area contributed by atoms with E-state index in [2.05, 4.69) is 77.2 Å². The fourth-order valence-corrected chi connectivity index (χ4v) is 14.3. The van der Waals surface area contributed by atoms with Crippen molar-refractivity contribution in [2.75, 3.05) is 0 Å². The molecule has 4 heterocycles. The van der Waals surface area contributed by atoms with Crippen LogP contribution in [0.4, 0.5) is 0 Å². The lowest BCUT2D eigenvalue weighted by molar-refractivity contribution is 0.608. The molecule has 1 aliphatic heterocycles. The van der Waals surface area contributed by atoms with Gasteiger partial charge >= 0.3 is 0 Å². The zero-order chi connectivity index (χ0) is 36.7. The van der Waals surface area contributed by atoms with Crippen molar-refractivity contribution >= 4 is 68.7 Å². The minimum absolute atomic E-state index is 0.459. The number of rotatable bonds is 5. The van der Waals surface area contributed by atoms with Crippen LogP contribution in [0, 0.1) is 0 Å². The second kappa shape index (κ2) is 11.3. The fourth-order valence-electron chi connectivity index (χ4n) is 7.92. The van der Waals surface area contributed by atoms with Crippen LogP contribution in [-0.4, -0.2) is 37.0 Å². The predicted molar refractivity (Wildman–Crippen MR) is 209 cm³/mol. The summed E-state index contributed by atoms with van der Waals surface area (Å²) in [7, 11) is -3.44. The van der Waals surface area contributed by atoms with E-state index < -0.39 is 20.3 Å². The standard InChI is InChI=1S/C43H32N6SSi/c1-43(2)31-20-9-14-26-37(31)50-39-32(43)21-15-27-38(39)51(29-16-5-3-6-17-29,30-18-7-4-8-19-30)41-45-28-44-40(47-41)49-36-25-13-12-24-35(36)48-34-23-11-10-22-33(34)46-42(48)49/h3-28H,1-2H3/i1D3. The van der Waals surface area contributed by atoms with Gasteiger partial charge in [-0.25, -0.2) is 24.5 Å². The highest BCUT2D eigenvalue weighted by Crippen LogP contribution is 2.48. The van der Waals surface area contributed by atoms with Crippen molar-refractivity contribution in [3.63, 3.8) is 0 Å². The minimum Gasteiger partial charge on any atom is -0.276 e. The Bertz CT molecular complexity index is 2850. The molecule has 244 valence electrons. The summed E-state index contributed by atoms with van der Waals surface area (Å²) in [5.74, 6) is 1.17. The van der Waals surface area contributed by atoms with Gasteiger partial charge in [0.2, 0.25) is 19.8 Å². The Morgan fingerprint density at radius 1 is 0.627 bits per heavy atom. The number of hydrogen-bond acceptors (Lipinski definition) is 5. The van der Waals surface area contributed by atoms with Gasteiger partial charge in [0.1, 0.15) is 11.8 Å². The molecule has 51 heavy (non-hydrogen) atoms. The molecule has 0 bridgehead atoms. The summed E-state index contributed by atoms with van der Waals surface area (Å²) in [5.41, 5.74) is 4.77. The summed E-state index contributed by atoms with van der Waals surface area (Å²) in [6, 6.07) is 51.4. The molecule has 0 aliphatic carbocycles. The lowest BCUT2D eigenvalue weighted by Gasteiger charge is -2.39. The molecule has 3 aromatic heterocycles. The smallest absolute Gasteiger partial charge is 0.239 e. The summed E-state index contributed by atoms with van der Waals surface area (Å²) in [6.45, 7) is -0.455. The summed E-state index contributed by atoms with van der Waals surface area (Å²) < 4.78 is 31.1. The first-order valence-corrected chi connectivity index (χ1v) is 19.7. The van der Waals surface area contributed by atoms with Gasteiger partial charge in [-0.1, -0.05) is 147 Å². The SMILES string of the molecule is [2H]C([2H])([2H])C1(C)c2ccccc2Sc2c1cccc2[Si](c1ccccc1)(c1ccccc1)c1ncnc(-n2c3ccccc3n3c4ccccc4nc23)n1. The molecule has 6 aromatic carbocycles.